The van der Waals surface area contributed by atoms with Crippen LogP contribution in [-0.2, 0) is 5.41 Å². The molecule has 1 aliphatic rings. The minimum atomic E-state index is -0.0510. The minimum Gasteiger partial charge on any atom is -0.309 e. The molecule has 3 aromatic carbocycles. The molecule has 0 amide bonds. The molecule has 6 rings (SSSR count). The van der Waals surface area contributed by atoms with Crippen molar-refractivity contribution in [1.29, 1.82) is 0 Å². The molecule has 0 atom stereocenters. The molecule has 2 nitrogen and oxygen atoms in total. The Morgan fingerprint density at radius 1 is 0.714 bits per heavy atom. The number of rotatable bonds is 1. The summed E-state index contributed by atoms with van der Waals surface area (Å²) in [7, 11) is 0. The molecular formula is C26H20N2. The topological polar surface area (TPSA) is 17.8 Å². The second-order valence-electron chi connectivity index (χ2n) is 8.11. The lowest BCUT2D eigenvalue weighted by Crippen LogP contribution is -2.16. The molecule has 2 heterocycles. The molecular weight excluding hydrogens is 340 g/mol. The van der Waals surface area contributed by atoms with E-state index in [1.165, 1.54) is 44.1 Å². The summed E-state index contributed by atoms with van der Waals surface area (Å²) in [6.45, 7) is 4.71. The monoisotopic (exact) mass is 360 g/mol. The van der Waals surface area contributed by atoms with Crippen molar-refractivity contribution in [3.8, 4) is 16.8 Å². The van der Waals surface area contributed by atoms with Crippen LogP contribution in [0.5, 0.6) is 0 Å². The summed E-state index contributed by atoms with van der Waals surface area (Å²) < 4.78 is 2.42. The van der Waals surface area contributed by atoms with Crippen molar-refractivity contribution in [3.63, 3.8) is 0 Å². The van der Waals surface area contributed by atoms with Gasteiger partial charge in [-0.25, -0.2) is 0 Å². The summed E-state index contributed by atoms with van der Waals surface area (Å²) in [5.41, 5.74) is 9.19. The Bertz CT molecular complexity index is 1370. The highest BCUT2D eigenvalue weighted by Gasteiger charge is 2.38. The molecule has 28 heavy (non-hydrogen) atoms. The highest BCUT2D eigenvalue weighted by Crippen LogP contribution is 2.52. The van der Waals surface area contributed by atoms with Gasteiger partial charge in [-0.05, 0) is 40.5 Å². The molecule has 1 aliphatic carbocycles. The number of aromatic nitrogens is 2. The Balaban J connectivity index is 1.86. The number of hydrogen-bond donors (Lipinski definition) is 0. The second-order valence-corrected chi connectivity index (χ2v) is 8.11. The van der Waals surface area contributed by atoms with Crippen molar-refractivity contribution in [2.75, 3.05) is 0 Å². The first-order chi connectivity index (χ1) is 13.7. The van der Waals surface area contributed by atoms with Crippen LogP contribution in [-0.4, -0.2) is 9.55 Å². The summed E-state index contributed by atoms with van der Waals surface area (Å²) in [6.07, 6.45) is 3.75. The lowest BCUT2D eigenvalue weighted by Gasteiger charge is -2.23. The first kappa shape index (κ1) is 15.6. The lowest BCUT2D eigenvalue weighted by molar-refractivity contribution is 0.664. The zero-order valence-corrected chi connectivity index (χ0v) is 16.0. The maximum atomic E-state index is 4.24. The molecule has 0 fully saturated rings. The summed E-state index contributed by atoms with van der Waals surface area (Å²) >= 11 is 0. The number of pyridine rings is 1. The molecule has 0 bridgehead atoms. The van der Waals surface area contributed by atoms with Crippen LogP contribution in [0.3, 0.4) is 0 Å². The number of para-hydroxylation sites is 1. The normalized spacial score (nSPS) is 14.4. The Morgan fingerprint density at radius 3 is 2.32 bits per heavy atom. The number of fused-ring (bicyclic) bond motifs is 7. The Morgan fingerprint density at radius 2 is 1.46 bits per heavy atom. The molecule has 0 N–H and O–H groups in total. The molecule has 2 aromatic heterocycles. The van der Waals surface area contributed by atoms with Crippen LogP contribution in [0.1, 0.15) is 25.0 Å². The first-order valence-electron chi connectivity index (χ1n) is 9.75. The zero-order valence-electron chi connectivity index (χ0n) is 16.0. The van der Waals surface area contributed by atoms with E-state index in [0.717, 1.165) is 5.69 Å². The van der Waals surface area contributed by atoms with Crippen LogP contribution in [0.15, 0.2) is 85.2 Å². The van der Waals surface area contributed by atoms with E-state index in [-0.39, 0.29) is 5.41 Å². The number of benzene rings is 3. The van der Waals surface area contributed by atoms with Gasteiger partial charge in [0.1, 0.15) is 0 Å². The van der Waals surface area contributed by atoms with Crippen molar-refractivity contribution in [2.24, 2.45) is 0 Å². The van der Waals surface area contributed by atoms with Crippen LogP contribution in [0.2, 0.25) is 0 Å². The fourth-order valence-electron chi connectivity index (χ4n) is 5.07. The standard InChI is InChI=1S/C26H20N2/c1-26(2)22-9-5-3-7-18(22)20-11-12-21-19-8-4-6-10-23(19)28(25(21)24(20)26)17-13-15-27-16-14-17/h3-16H,1-2H3. The lowest BCUT2D eigenvalue weighted by atomic mass is 9.81. The third-order valence-corrected chi connectivity index (χ3v) is 6.27. The average molecular weight is 360 g/mol. The average Bonchev–Trinajstić information content (AvgIpc) is 3.19. The van der Waals surface area contributed by atoms with Gasteiger partial charge in [0.25, 0.3) is 0 Å². The van der Waals surface area contributed by atoms with Crippen LogP contribution in [0.25, 0.3) is 38.6 Å². The molecule has 0 spiro atoms. The van der Waals surface area contributed by atoms with Gasteiger partial charge >= 0.3 is 0 Å². The van der Waals surface area contributed by atoms with E-state index >= 15 is 0 Å². The predicted octanol–water partition coefficient (Wildman–Crippen LogP) is 6.49. The van der Waals surface area contributed by atoms with Gasteiger partial charge in [-0.15, -0.1) is 0 Å². The van der Waals surface area contributed by atoms with Crippen molar-refractivity contribution in [1.82, 2.24) is 9.55 Å². The number of nitrogens with zero attached hydrogens (tertiary/aromatic N) is 2. The Kier molecular flexibility index (Phi) is 2.98. The Hall–Kier alpha value is -3.39. The van der Waals surface area contributed by atoms with Gasteiger partial charge in [0, 0.05) is 34.3 Å². The minimum absolute atomic E-state index is 0.0510. The molecule has 0 unspecified atom stereocenters. The van der Waals surface area contributed by atoms with Crippen molar-refractivity contribution >= 4 is 21.8 Å². The van der Waals surface area contributed by atoms with Gasteiger partial charge in [0.05, 0.1) is 11.0 Å². The first-order valence-corrected chi connectivity index (χ1v) is 9.75. The van der Waals surface area contributed by atoms with E-state index in [0.29, 0.717) is 0 Å². The van der Waals surface area contributed by atoms with Gasteiger partial charge in [-0.2, -0.15) is 0 Å². The van der Waals surface area contributed by atoms with E-state index in [1.54, 1.807) is 0 Å². The highest BCUT2D eigenvalue weighted by atomic mass is 15.0. The zero-order chi connectivity index (χ0) is 18.9. The molecule has 134 valence electrons. The summed E-state index contributed by atoms with van der Waals surface area (Å²) in [5.74, 6) is 0. The summed E-state index contributed by atoms with van der Waals surface area (Å²) in [4.78, 5) is 4.24. The molecule has 0 saturated heterocycles. The predicted molar refractivity (Wildman–Crippen MR) is 116 cm³/mol. The van der Waals surface area contributed by atoms with E-state index in [4.69, 9.17) is 0 Å². The SMILES string of the molecule is CC1(C)c2ccccc2-c2ccc3c4ccccc4n(-c4ccncc4)c3c21. The maximum Gasteiger partial charge on any atom is 0.0588 e. The van der Waals surface area contributed by atoms with Crippen LogP contribution < -0.4 is 0 Å². The van der Waals surface area contributed by atoms with Crippen molar-refractivity contribution in [2.45, 2.75) is 19.3 Å². The largest absolute Gasteiger partial charge is 0.309 e. The van der Waals surface area contributed by atoms with E-state index in [1.807, 2.05) is 12.4 Å². The van der Waals surface area contributed by atoms with Crippen LogP contribution in [0.4, 0.5) is 0 Å². The fourth-order valence-corrected chi connectivity index (χ4v) is 5.07. The molecule has 0 radical (unpaired) electrons. The Labute approximate surface area is 164 Å². The van der Waals surface area contributed by atoms with Gasteiger partial charge < -0.3 is 4.57 Å². The van der Waals surface area contributed by atoms with Crippen LogP contribution in [0, 0.1) is 0 Å². The molecule has 2 heteroatoms. The van der Waals surface area contributed by atoms with Crippen LogP contribution >= 0.6 is 0 Å². The molecule has 0 aliphatic heterocycles. The third kappa shape index (κ3) is 1.85. The highest BCUT2D eigenvalue weighted by molar-refractivity contribution is 6.13. The van der Waals surface area contributed by atoms with Gasteiger partial charge in [-0.3, -0.25) is 4.98 Å². The van der Waals surface area contributed by atoms with Crippen molar-refractivity contribution in [3.05, 3.63) is 96.3 Å². The van der Waals surface area contributed by atoms with E-state index in [2.05, 4.69) is 96.2 Å². The van der Waals surface area contributed by atoms with Gasteiger partial charge in [0.15, 0.2) is 0 Å². The van der Waals surface area contributed by atoms with E-state index in [9.17, 15) is 0 Å². The molecule has 5 aromatic rings. The van der Waals surface area contributed by atoms with Gasteiger partial charge in [-0.1, -0.05) is 68.4 Å². The van der Waals surface area contributed by atoms with Crippen molar-refractivity contribution < 1.29 is 0 Å². The van der Waals surface area contributed by atoms with Gasteiger partial charge in [0.2, 0.25) is 0 Å². The quantitative estimate of drug-likeness (QED) is 0.334. The maximum absolute atomic E-state index is 4.24. The third-order valence-electron chi connectivity index (χ3n) is 6.27. The fraction of sp³-hybridized carbons (Fsp3) is 0.115. The smallest absolute Gasteiger partial charge is 0.0588 e. The second kappa shape index (κ2) is 5.32. The molecule has 0 saturated carbocycles. The van der Waals surface area contributed by atoms with E-state index < -0.39 is 0 Å². The summed E-state index contributed by atoms with van der Waals surface area (Å²) in [5, 5.41) is 2.61. The summed E-state index contributed by atoms with van der Waals surface area (Å²) in [6, 6.07) is 26.4. The number of hydrogen-bond acceptors (Lipinski definition) is 1.